The highest BCUT2D eigenvalue weighted by Gasteiger charge is 2.10. The summed E-state index contributed by atoms with van der Waals surface area (Å²) in [7, 11) is 1.22. The SMILES string of the molecule is COC(=O)C(C#N)=Cc1ccc(-c2cccc(Cl)c2)o1. The normalized spacial score (nSPS) is 10.9. The van der Waals surface area contributed by atoms with Gasteiger partial charge in [-0.05, 0) is 24.3 Å². The topological polar surface area (TPSA) is 63.2 Å². The van der Waals surface area contributed by atoms with Gasteiger partial charge in [0.2, 0.25) is 0 Å². The van der Waals surface area contributed by atoms with Crippen LogP contribution in [0.2, 0.25) is 5.02 Å². The maximum absolute atomic E-state index is 11.3. The Balaban J connectivity index is 2.32. The van der Waals surface area contributed by atoms with Crippen molar-refractivity contribution < 1.29 is 13.9 Å². The van der Waals surface area contributed by atoms with Gasteiger partial charge < -0.3 is 9.15 Å². The fraction of sp³-hybridized carbons (Fsp3) is 0.0667. The number of hydrogen-bond acceptors (Lipinski definition) is 4. The van der Waals surface area contributed by atoms with Gasteiger partial charge in [0, 0.05) is 16.7 Å². The minimum absolute atomic E-state index is 0.125. The van der Waals surface area contributed by atoms with Crippen LogP contribution in [-0.2, 0) is 9.53 Å². The fourth-order valence-corrected chi connectivity index (χ4v) is 1.81. The molecule has 0 aliphatic rings. The summed E-state index contributed by atoms with van der Waals surface area (Å²) >= 11 is 5.91. The third-order valence-corrected chi connectivity index (χ3v) is 2.78. The van der Waals surface area contributed by atoms with Crippen molar-refractivity contribution >= 4 is 23.6 Å². The largest absolute Gasteiger partial charge is 0.465 e. The standard InChI is InChI=1S/C15H10ClNO3/c1-19-15(18)11(9-17)8-13-5-6-14(20-13)10-3-2-4-12(16)7-10/h2-8H,1H3. The van der Waals surface area contributed by atoms with Gasteiger partial charge in [-0.1, -0.05) is 23.7 Å². The molecule has 0 aliphatic carbocycles. The molecule has 0 saturated carbocycles. The van der Waals surface area contributed by atoms with E-state index in [1.54, 1.807) is 30.3 Å². The van der Waals surface area contributed by atoms with Gasteiger partial charge in [0.15, 0.2) is 0 Å². The van der Waals surface area contributed by atoms with Crippen LogP contribution in [0.5, 0.6) is 0 Å². The van der Waals surface area contributed by atoms with Gasteiger partial charge in [-0.3, -0.25) is 0 Å². The molecule has 1 heterocycles. The Morgan fingerprint density at radius 2 is 2.20 bits per heavy atom. The summed E-state index contributed by atoms with van der Waals surface area (Å²) in [5, 5.41) is 9.47. The van der Waals surface area contributed by atoms with Crippen molar-refractivity contribution in [3.63, 3.8) is 0 Å². The zero-order chi connectivity index (χ0) is 14.5. The smallest absolute Gasteiger partial charge is 0.348 e. The predicted molar refractivity (Wildman–Crippen MR) is 74.8 cm³/mol. The molecule has 0 atom stereocenters. The van der Waals surface area contributed by atoms with Crippen molar-refractivity contribution in [3.05, 3.63) is 52.8 Å². The minimum atomic E-state index is -0.701. The number of ether oxygens (including phenoxy) is 1. The predicted octanol–water partition coefficient (Wildman–Crippen LogP) is 3.68. The highest BCUT2D eigenvalue weighted by Crippen LogP contribution is 2.25. The molecule has 0 spiro atoms. The maximum atomic E-state index is 11.3. The van der Waals surface area contributed by atoms with Crippen LogP contribution in [0.3, 0.4) is 0 Å². The second kappa shape index (κ2) is 6.09. The monoisotopic (exact) mass is 287 g/mol. The van der Waals surface area contributed by atoms with E-state index in [1.165, 1.54) is 13.2 Å². The van der Waals surface area contributed by atoms with Gasteiger partial charge in [0.05, 0.1) is 7.11 Å². The van der Waals surface area contributed by atoms with Crippen molar-refractivity contribution in [1.29, 1.82) is 5.26 Å². The number of esters is 1. The lowest BCUT2D eigenvalue weighted by molar-refractivity contribution is -0.135. The molecule has 2 aromatic rings. The number of rotatable bonds is 3. The van der Waals surface area contributed by atoms with Gasteiger partial charge in [-0.15, -0.1) is 0 Å². The molecule has 0 fully saturated rings. The summed E-state index contributed by atoms with van der Waals surface area (Å²) < 4.78 is 10.1. The molecular formula is C15H10ClNO3. The Morgan fingerprint density at radius 3 is 2.85 bits per heavy atom. The van der Waals surface area contributed by atoms with Crippen molar-refractivity contribution in [2.24, 2.45) is 0 Å². The number of methoxy groups -OCH3 is 1. The summed E-state index contributed by atoms with van der Waals surface area (Å²) in [6, 6.07) is 12.4. The van der Waals surface area contributed by atoms with E-state index < -0.39 is 5.97 Å². The zero-order valence-corrected chi connectivity index (χ0v) is 11.3. The molecule has 0 unspecified atom stereocenters. The molecule has 4 nitrogen and oxygen atoms in total. The Hall–Kier alpha value is -2.51. The highest BCUT2D eigenvalue weighted by atomic mass is 35.5. The lowest BCUT2D eigenvalue weighted by atomic mass is 10.2. The molecule has 1 aromatic carbocycles. The number of carbonyl (C=O) groups is 1. The van der Waals surface area contributed by atoms with Crippen LogP contribution in [-0.4, -0.2) is 13.1 Å². The average Bonchev–Trinajstić information content (AvgIpc) is 2.92. The van der Waals surface area contributed by atoms with E-state index in [-0.39, 0.29) is 5.57 Å². The van der Waals surface area contributed by atoms with Gasteiger partial charge >= 0.3 is 5.97 Å². The van der Waals surface area contributed by atoms with Crippen LogP contribution in [0.25, 0.3) is 17.4 Å². The Kier molecular flexibility index (Phi) is 4.24. The van der Waals surface area contributed by atoms with Gasteiger partial charge in [0.25, 0.3) is 0 Å². The second-order valence-electron chi connectivity index (χ2n) is 3.87. The first kappa shape index (κ1) is 13.9. The van der Waals surface area contributed by atoms with E-state index in [0.717, 1.165) is 5.56 Å². The lowest BCUT2D eigenvalue weighted by Gasteiger charge is -1.97. The summed E-state index contributed by atoms with van der Waals surface area (Å²) in [6.45, 7) is 0. The molecular weight excluding hydrogens is 278 g/mol. The Morgan fingerprint density at radius 1 is 1.40 bits per heavy atom. The average molecular weight is 288 g/mol. The van der Waals surface area contributed by atoms with E-state index in [0.29, 0.717) is 16.5 Å². The summed E-state index contributed by atoms with van der Waals surface area (Å²) in [5.41, 5.74) is 0.688. The first-order valence-electron chi connectivity index (χ1n) is 5.70. The fourth-order valence-electron chi connectivity index (χ4n) is 1.62. The quantitative estimate of drug-likeness (QED) is 0.491. The molecule has 2 rings (SSSR count). The maximum Gasteiger partial charge on any atom is 0.348 e. The Bertz CT molecular complexity index is 710. The Labute approximate surface area is 120 Å². The van der Waals surface area contributed by atoms with Gasteiger partial charge in [-0.25, -0.2) is 4.79 Å². The molecule has 20 heavy (non-hydrogen) atoms. The van der Waals surface area contributed by atoms with Crippen LogP contribution in [0.15, 0.2) is 46.4 Å². The molecule has 5 heteroatoms. The molecule has 0 radical (unpaired) electrons. The van der Waals surface area contributed by atoms with Crippen LogP contribution in [0, 0.1) is 11.3 Å². The molecule has 0 saturated heterocycles. The first-order chi connectivity index (χ1) is 9.63. The molecule has 1 aromatic heterocycles. The summed E-state index contributed by atoms with van der Waals surface area (Å²) in [6.07, 6.45) is 1.33. The molecule has 0 N–H and O–H groups in total. The summed E-state index contributed by atoms with van der Waals surface area (Å²) in [5.74, 6) is 0.288. The number of nitrogens with zero attached hydrogens (tertiary/aromatic N) is 1. The lowest BCUT2D eigenvalue weighted by Crippen LogP contribution is -2.02. The van der Waals surface area contributed by atoms with E-state index in [9.17, 15) is 4.79 Å². The third kappa shape index (κ3) is 3.08. The molecule has 0 bridgehead atoms. The van der Waals surface area contributed by atoms with Crippen molar-refractivity contribution in [2.75, 3.05) is 7.11 Å². The number of carbonyl (C=O) groups excluding carboxylic acids is 1. The first-order valence-corrected chi connectivity index (χ1v) is 6.07. The number of nitriles is 1. The van der Waals surface area contributed by atoms with Gasteiger partial charge in [0.1, 0.15) is 23.2 Å². The van der Waals surface area contributed by atoms with Crippen molar-refractivity contribution in [1.82, 2.24) is 0 Å². The van der Waals surface area contributed by atoms with E-state index in [2.05, 4.69) is 4.74 Å². The minimum Gasteiger partial charge on any atom is -0.465 e. The number of benzene rings is 1. The van der Waals surface area contributed by atoms with E-state index in [4.69, 9.17) is 21.3 Å². The van der Waals surface area contributed by atoms with Crippen LogP contribution in [0.4, 0.5) is 0 Å². The molecule has 0 amide bonds. The number of furan rings is 1. The molecule has 0 aliphatic heterocycles. The van der Waals surface area contributed by atoms with Crippen LogP contribution >= 0.6 is 11.6 Å². The number of hydrogen-bond donors (Lipinski definition) is 0. The highest BCUT2D eigenvalue weighted by molar-refractivity contribution is 6.30. The summed E-state index contributed by atoms with van der Waals surface area (Å²) in [4.78, 5) is 11.3. The number of halogens is 1. The van der Waals surface area contributed by atoms with Gasteiger partial charge in [-0.2, -0.15) is 5.26 Å². The molecule has 100 valence electrons. The second-order valence-corrected chi connectivity index (χ2v) is 4.31. The zero-order valence-electron chi connectivity index (χ0n) is 10.6. The third-order valence-electron chi connectivity index (χ3n) is 2.55. The van der Waals surface area contributed by atoms with Crippen molar-refractivity contribution in [2.45, 2.75) is 0 Å². The van der Waals surface area contributed by atoms with E-state index in [1.807, 2.05) is 12.1 Å². The van der Waals surface area contributed by atoms with Crippen LogP contribution < -0.4 is 0 Å². The van der Waals surface area contributed by atoms with Crippen molar-refractivity contribution in [3.8, 4) is 17.4 Å². The van der Waals surface area contributed by atoms with Crippen LogP contribution in [0.1, 0.15) is 5.76 Å². The van der Waals surface area contributed by atoms with E-state index >= 15 is 0 Å².